The Labute approximate surface area is 170 Å². The summed E-state index contributed by atoms with van der Waals surface area (Å²) in [7, 11) is 0. The molecule has 28 heavy (non-hydrogen) atoms. The van der Waals surface area contributed by atoms with Crippen LogP contribution in [0.4, 0.5) is 0 Å². The van der Waals surface area contributed by atoms with Crippen molar-refractivity contribution in [1.82, 2.24) is 24.6 Å². The summed E-state index contributed by atoms with van der Waals surface area (Å²) in [5.41, 5.74) is 2.64. The Morgan fingerprint density at radius 1 is 1.25 bits per heavy atom. The van der Waals surface area contributed by atoms with Crippen molar-refractivity contribution >= 4 is 39.4 Å². The molecule has 3 unspecified atom stereocenters. The van der Waals surface area contributed by atoms with Crippen LogP contribution in [-0.4, -0.2) is 50.2 Å². The predicted octanol–water partition coefficient (Wildman–Crippen LogP) is 2.83. The van der Waals surface area contributed by atoms with Crippen LogP contribution in [-0.2, 0) is 0 Å². The van der Waals surface area contributed by atoms with Crippen LogP contribution in [0.15, 0.2) is 24.1 Å². The molecule has 0 bridgehead atoms. The number of carbonyl (C=O) groups excluding carboxylic acids is 2. The van der Waals surface area contributed by atoms with E-state index >= 15 is 0 Å². The van der Waals surface area contributed by atoms with Gasteiger partial charge in [0, 0.05) is 37.2 Å². The van der Waals surface area contributed by atoms with Crippen molar-refractivity contribution in [1.29, 1.82) is 0 Å². The van der Waals surface area contributed by atoms with Crippen LogP contribution < -0.4 is 5.32 Å². The third kappa shape index (κ3) is 3.02. The van der Waals surface area contributed by atoms with E-state index in [-0.39, 0.29) is 17.9 Å². The zero-order valence-corrected chi connectivity index (χ0v) is 17.1. The molecule has 7 nitrogen and oxygen atoms in total. The number of nitrogens with one attached hydrogen (secondary N) is 1. The number of aryl methyl sites for hydroxylation is 1. The number of hydrogen-bond acceptors (Lipinski definition) is 6. The summed E-state index contributed by atoms with van der Waals surface area (Å²) in [6.45, 7) is 3.57. The Kier molecular flexibility index (Phi) is 4.43. The van der Waals surface area contributed by atoms with Crippen LogP contribution in [0.5, 0.6) is 0 Å². The molecule has 2 aliphatic rings. The average Bonchev–Trinajstić information content (AvgIpc) is 3.46. The normalized spacial score (nSPS) is 24.5. The lowest BCUT2D eigenvalue weighted by atomic mass is 9.79. The molecule has 146 valence electrons. The van der Waals surface area contributed by atoms with Crippen LogP contribution >= 0.6 is 22.7 Å². The third-order valence-corrected chi connectivity index (χ3v) is 7.94. The smallest absolute Gasteiger partial charge is 0.265 e. The summed E-state index contributed by atoms with van der Waals surface area (Å²) in [5, 5.41) is 3.15. The lowest BCUT2D eigenvalue weighted by Crippen LogP contribution is -2.40. The highest BCUT2D eigenvalue weighted by molar-refractivity contribution is 7.19. The first kappa shape index (κ1) is 17.8. The number of amides is 2. The summed E-state index contributed by atoms with van der Waals surface area (Å²) in [6.07, 6.45) is 8.23. The molecule has 2 amide bonds. The van der Waals surface area contributed by atoms with Crippen LogP contribution in [0.3, 0.4) is 0 Å². The van der Waals surface area contributed by atoms with E-state index in [4.69, 9.17) is 0 Å². The van der Waals surface area contributed by atoms with Crippen LogP contribution in [0.2, 0.25) is 0 Å². The van der Waals surface area contributed by atoms with Gasteiger partial charge in [0.25, 0.3) is 11.8 Å². The number of rotatable bonds is 3. The fourth-order valence-corrected chi connectivity index (χ4v) is 6.13. The first-order valence-electron chi connectivity index (χ1n) is 9.51. The maximum Gasteiger partial charge on any atom is 0.265 e. The van der Waals surface area contributed by atoms with Gasteiger partial charge in [0.15, 0.2) is 4.96 Å². The van der Waals surface area contributed by atoms with E-state index in [9.17, 15) is 9.59 Å². The summed E-state index contributed by atoms with van der Waals surface area (Å²) in [6, 6.07) is 0.178. The third-order valence-electron chi connectivity index (χ3n) is 6.01. The maximum absolute atomic E-state index is 13.1. The number of hydrogen-bond donors (Lipinski definition) is 1. The minimum atomic E-state index is -0.0329. The number of carbonyl (C=O) groups is 2. The lowest BCUT2D eigenvalue weighted by molar-refractivity contribution is 0.0786. The fraction of sp³-hybridized carbons (Fsp3) is 0.474. The molecule has 3 aromatic rings. The van der Waals surface area contributed by atoms with Gasteiger partial charge in [-0.3, -0.25) is 19.0 Å². The molecule has 2 fully saturated rings. The monoisotopic (exact) mass is 415 g/mol. The van der Waals surface area contributed by atoms with Crippen LogP contribution in [0.25, 0.3) is 4.96 Å². The highest BCUT2D eigenvalue weighted by Crippen LogP contribution is 2.37. The molecule has 4 heterocycles. The number of likely N-dealkylation sites (tertiary alicyclic amines) is 1. The van der Waals surface area contributed by atoms with Crippen LogP contribution in [0.1, 0.15) is 44.3 Å². The van der Waals surface area contributed by atoms with Crippen molar-refractivity contribution in [3.8, 4) is 0 Å². The standard InChI is InChI=1S/C19H21N5O2S2/c1-11-16(28-19-21-4-5-24(11)19)18(26)23-8-12-2-3-14(6-13(12)9-23)22-17(25)15-7-20-10-27-15/h4-5,7,10,12-14H,2-3,6,8-9H2,1H3,(H,22,25). The summed E-state index contributed by atoms with van der Waals surface area (Å²) >= 11 is 2.83. The summed E-state index contributed by atoms with van der Waals surface area (Å²) < 4.78 is 1.98. The minimum Gasteiger partial charge on any atom is -0.349 e. The Balaban J connectivity index is 1.25. The molecule has 1 N–H and O–H groups in total. The van der Waals surface area contributed by atoms with Gasteiger partial charge < -0.3 is 10.2 Å². The number of aromatic nitrogens is 3. The highest BCUT2D eigenvalue weighted by atomic mass is 32.1. The lowest BCUT2D eigenvalue weighted by Gasteiger charge is -2.31. The van der Waals surface area contributed by atoms with Gasteiger partial charge in [-0.15, -0.1) is 11.3 Å². The molecule has 3 aromatic heterocycles. The molecule has 5 rings (SSSR count). The summed E-state index contributed by atoms with van der Waals surface area (Å²) in [4.78, 5) is 38.0. The van der Waals surface area contributed by atoms with E-state index in [1.54, 1.807) is 17.9 Å². The van der Waals surface area contributed by atoms with Gasteiger partial charge in [-0.25, -0.2) is 4.98 Å². The minimum absolute atomic E-state index is 0.0329. The second-order valence-electron chi connectivity index (χ2n) is 7.68. The van der Waals surface area contributed by atoms with E-state index in [1.165, 1.54) is 22.7 Å². The molecular formula is C19H21N5O2S2. The largest absolute Gasteiger partial charge is 0.349 e. The quantitative estimate of drug-likeness (QED) is 0.713. The van der Waals surface area contributed by atoms with Crippen LogP contribution in [0, 0.1) is 18.8 Å². The first-order valence-corrected chi connectivity index (χ1v) is 11.2. The van der Waals surface area contributed by atoms with Gasteiger partial charge >= 0.3 is 0 Å². The van der Waals surface area contributed by atoms with E-state index in [2.05, 4.69) is 15.3 Å². The highest BCUT2D eigenvalue weighted by Gasteiger charge is 2.40. The average molecular weight is 416 g/mol. The number of thiazole rings is 2. The zero-order chi connectivity index (χ0) is 19.3. The number of nitrogens with zero attached hydrogens (tertiary/aromatic N) is 4. The van der Waals surface area contributed by atoms with Crippen molar-refractivity contribution < 1.29 is 9.59 Å². The number of imidazole rings is 1. The molecule has 1 saturated heterocycles. The Morgan fingerprint density at radius 3 is 2.89 bits per heavy atom. The second kappa shape index (κ2) is 6.97. The van der Waals surface area contributed by atoms with Crippen molar-refractivity contribution in [2.45, 2.75) is 32.2 Å². The number of fused-ring (bicyclic) bond motifs is 2. The predicted molar refractivity (Wildman–Crippen MR) is 108 cm³/mol. The molecular weight excluding hydrogens is 394 g/mol. The SMILES string of the molecule is Cc1c(C(=O)N2CC3CCC(NC(=O)c4cncs4)CC3C2)sc2nccn12. The van der Waals surface area contributed by atoms with Gasteiger partial charge in [-0.1, -0.05) is 11.3 Å². The Bertz CT molecular complexity index is 1020. The van der Waals surface area contributed by atoms with Crippen molar-refractivity contribution in [3.05, 3.63) is 39.5 Å². The molecule has 0 aromatic carbocycles. The van der Waals surface area contributed by atoms with Crippen molar-refractivity contribution in [2.24, 2.45) is 11.8 Å². The topological polar surface area (TPSA) is 79.6 Å². The van der Waals surface area contributed by atoms with Gasteiger partial charge in [0.2, 0.25) is 0 Å². The van der Waals surface area contributed by atoms with E-state index in [0.717, 1.165) is 47.9 Å². The molecule has 3 atom stereocenters. The van der Waals surface area contributed by atoms with Gasteiger partial charge in [0.1, 0.15) is 9.75 Å². The Hall–Kier alpha value is -2.26. The van der Waals surface area contributed by atoms with E-state index in [0.29, 0.717) is 16.7 Å². The molecule has 0 radical (unpaired) electrons. The molecule has 0 spiro atoms. The van der Waals surface area contributed by atoms with E-state index < -0.39 is 0 Å². The summed E-state index contributed by atoms with van der Waals surface area (Å²) in [5.74, 6) is 1.07. The molecule has 9 heteroatoms. The van der Waals surface area contributed by atoms with Crippen molar-refractivity contribution in [2.75, 3.05) is 13.1 Å². The van der Waals surface area contributed by atoms with Gasteiger partial charge in [-0.2, -0.15) is 0 Å². The molecule has 1 aliphatic carbocycles. The van der Waals surface area contributed by atoms with Gasteiger partial charge in [0.05, 0.1) is 11.7 Å². The van der Waals surface area contributed by atoms with Crippen molar-refractivity contribution in [3.63, 3.8) is 0 Å². The van der Waals surface area contributed by atoms with Gasteiger partial charge in [-0.05, 0) is 38.0 Å². The first-order chi connectivity index (χ1) is 13.6. The van der Waals surface area contributed by atoms with E-state index in [1.807, 2.05) is 22.4 Å². The fourth-order valence-electron chi connectivity index (χ4n) is 4.55. The Morgan fingerprint density at radius 2 is 2.11 bits per heavy atom. The maximum atomic E-state index is 13.1. The second-order valence-corrected chi connectivity index (χ2v) is 9.54. The zero-order valence-electron chi connectivity index (χ0n) is 15.5. The molecule has 1 saturated carbocycles. The molecule has 1 aliphatic heterocycles.